The number of aryl methyl sites for hydroxylation is 1. The lowest BCUT2D eigenvalue weighted by Gasteiger charge is -2.04. The maximum atomic E-state index is 11.6. The average molecular weight is 205 g/mol. The van der Waals surface area contributed by atoms with Gasteiger partial charge in [0.15, 0.2) is 0 Å². The van der Waals surface area contributed by atoms with Crippen LogP contribution < -0.4 is 5.32 Å². The highest BCUT2D eigenvalue weighted by Gasteiger charge is 2.27. The molecule has 0 aliphatic heterocycles. The van der Waals surface area contributed by atoms with Crippen molar-refractivity contribution in [2.45, 2.75) is 32.6 Å². The number of carbonyl (C=O) groups excluding carboxylic acids is 1. The Kier molecular flexibility index (Phi) is 2.66. The third kappa shape index (κ3) is 2.32. The van der Waals surface area contributed by atoms with E-state index < -0.39 is 0 Å². The Hall–Kier alpha value is -1.45. The summed E-state index contributed by atoms with van der Waals surface area (Å²) < 4.78 is 0. The van der Waals surface area contributed by atoms with Gasteiger partial charge in [-0.1, -0.05) is 0 Å². The monoisotopic (exact) mass is 205 g/mol. The third-order valence-corrected chi connectivity index (χ3v) is 2.38. The van der Waals surface area contributed by atoms with Gasteiger partial charge in [-0.2, -0.15) is 0 Å². The molecule has 1 heterocycles. The molecular weight excluding hydrogens is 190 g/mol. The smallest absolute Gasteiger partial charge is 0.270 e. The first-order valence-electron chi connectivity index (χ1n) is 5.34. The standard InChI is InChI=1S/C11H15N3O/c1-3-12-11(15)9-6-7(2)13-10(14-9)8-4-5-8/h6,8H,3-5H2,1-2H3,(H,12,15). The largest absolute Gasteiger partial charge is 0.351 e. The predicted molar refractivity (Wildman–Crippen MR) is 56.8 cm³/mol. The molecule has 0 spiro atoms. The van der Waals surface area contributed by atoms with Crippen LogP contribution in [0, 0.1) is 6.92 Å². The molecule has 0 radical (unpaired) electrons. The zero-order valence-corrected chi connectivity index (χ0v) is 9.08. The van der Waals surface area contributed by atoms with E-state index in [1.165, 1.54) is 0 Å². The number of hydrogen-bond donors (Lipinski definition) is 1. The van der Waals surface area contributed by atoms with Gasteiger partial charge in [0.05, 0.1) is 0 Å². The predicted octanol–water partition coefficient (Wildman–Crippen LogP) is 1.41. The first-order chi connectivity index (χ1) is 7.20. The van der Waals surface area contributed by atoms with Crippen molar-refractivity contribution in [2.24, 2.45) is 0 Å². The molecule has 1 fully saturated rings. The van der Waals surface area contributed by atoms with Gasteiger partial charge in [-0.25, -0.2) is 9.97 Å². The van der Waals surface area contributed by atoms with E-state index >= 15 is 0 Å². The Morgan fingerprint density at radius 3 is 2.87 bits per heavy atom. The van der Waals surface area contributed by atoms with Crippen molar-refractivity contribution in [1.82, 2.24) is 15.3 Å². The third-order valence-electron chi connectivity index (χ3n) is 2.38. The highest BCUT2D eigenvalue weighted by molar-refractivity contribution is 5.92. The Bertz CT molecular complexity index is 385. The summed E-state index contributed by atoms with van der Waals surface area (Å²) in [5.74, 6) is 1.21. The summed E-state index contributed by atoms with van der Waals surface area (Å²) in [4.78, 5) is 20.2. The van der Waals surface area contributed by atoms with Crippen LogP contribution in [0.5, 0.6) is 0 Å². The normalized spacial score (nSPS) is 15.1. The topological polar surface area (TPSA) is 54.9 Å². The summed E-state index contributed by atoms with van der Waals surface area (Å²) in [7, 11) is 0. The molecule has 0 saturated heterocycles. The summed E-state index contributed by atoms with van der Waals surface area (Å²) in [6.45, 7) is 4.42. The first kappa shape index (κ1) is 10.1. The Balaban J connectivity index is 2.26. The quantitative estimate of drug-likeness (QED) is 0.811. The number of amides is 1. The molecule has 1 amide bonds. The zero-order chi connectivity index (χ0) is 10.8. The molecule has 1 aliphatic carbocycles. The lowest BCUT2D eigenvalue weighted by Crippen LogP contribution is -2.24. The van der Waals surface area contributed by atoms with Crippen molar-refractivity contribution in [1.29, 1.82) is 0 Å². The Labute approximate surface area is 89.1 Å². The van der Waals surface area contributed by atoms with Crippen molar-refractivity contribution in [3.8, 4) is 0 Å². The second kappa shape index (κ2) is 3.96. The maximum Gasteiger partial charge on any atom is 0.270 e. The van der Waals surface area contributed by atoms with E-state index in [1.54, 1.807) is 6.07 Å². The van der Waals surface area contributed by atoms with Crippen LogP contribution in [-0.4, -0.2) is 22.4 Å². The SMILES string of the molecule is CCNC(=O)c1cc(C)nc(C2CC2)n1. The highest BCUT2D eigenvalue weighted by Crippen LogP contribution is 2.37. The van der Waals surface area contributed by atoms with Crippen LogP contribution in [0.25, 0.3) is 0 Å². The first-order valence-corrected chi connectivity index (χ1v) is 5.34. The Morgan fingerprint density at radius 2 is 2.27 bits per heavy atom. The molecule has 4 nitrogen and oxygen atoms in total. The average Bonchev–Trinajstić information content (AvgIpc) is 3.00. The van der Waals surface area contributed by atoms with Crippen LogP contribution in [0.3, 0.4) is 0 Å². The highest BCUT2D eigenvalue weighted by atomic mass is 16.1. The van der Waals surface area contributed by atoms with Gasteiger partial charge in [0.2, 0.25) is 0 Å². The van der Waals surface area contributed by atoms with E-state index in [1.807, 2.05) is 13.8 Å². The number of nitrogens with zero attached hydrogens (tertiary/aromatic N) is 2. The molecule has 0 atom stereocenters. The van der Waals surface area contributed by atoms with Gasteiger partial charge < -0.3 is 5.32 Å². The number of carbonyl (C=O) groups is 1. The van der Waals surface area contributed by atoms with Gasteiger partial charge >= 0.3 is 0 Å². The fraction of sp³-hybridized carbons (Fsp3) is 0.545. The number of rotatable bonds is 3. The molecule has 0 unspecified atom stereocenters. The lowest BCUT2D eigenvalue weighted by molar-refractivity contribution is 0.0950. The molecule has 1 aromatic rings. The zero-order valence-electron chi connectivity index (χ0n) is 9.08. The summed E-state index contributed by atoms with van der Waals surface area (Å²) in [5.41, 5.74) is 1.36. The summed E-state index contributed by atoms with van der Waals surface area (Å²) in [6, 6.07) is 1.73. The van der Waals surface area contributed by atoms with E-state index in [2.05, 4.69) is 15.3 Å². The van der Waals surface area contributed by atoms with Crippen LogP contribution in [0.1, 0.15) is 47.7 Å². The molecule has 0 bridgehead atoms. The second-order valence-corrected chi connectivity index (χ2v) is 3.89. The van der Waals surface area contributed by atoms with Crippen molar-refractivity contribution in [3.63, 3.8) is 0 Å². The van der Waals surface area contributed by atoms with E-state index in [9.17, 15) is 4.79 Å². The minimum Gasteiger partial charge on any atom is -0.351 e. The lowest BCUT2D eigenvalue weighted by atomic mass is 10.3. The molecule has 80 valence electrons. The van der Waals surface area contributed by atoms with E-state index in [0.717, 1.165) is 24.4 Å². The van der Waals surface area contributed by atoms with Gasteiger partial charge in [0.25, 0.3) is 5.91 Å². The number of hydrogen-bond acceptors (Lipinski definition) is 3. The van der Waals surface area contributed by atoms with Crippen LogP contribution >= 0.6 is 0 Å². The van der Waals surface area contributed by atoms with E-state index in [-0.39, 0.29) is 5.91 Å². The molecule has 4 heteroatoms. The van der Waals surface area contributed by atoms with Gasteiger partial charge in [-0.05, 0) is 32.8 Å². The summed E-state index contributed by atoms with van der Waals surface area (Å²) >= 11 is 0. The molecule has 1 saturated carbocycles. The van der Waals surface area contributed by atoms with Gasteiger partial charge in [0.1, 0.15) is 11.5 Å². The van der Waals surface area contributed by atoms with Gasteiger partial charge in [0, 0.05) is 18.2 Å². The fourth-order valence-electron chi connectivity index (χ4n) is 1.48. The second-order valence-electron chi connectivity index (χ2n) is 3.89. The van der Waals surface area contributed by atoms with Gasteiger partial charge in [-0.15, -0.1) is 0 Å². The number of aromatic nitrogens is 2. The minimum atomic E-state index is -0.107. The molecule has 1 aliphatic rings. The molecule has 15 heavy (non-hydrogen) atoms. The van der Waals surface area contributed by atoms with E-state index in [4.69, 9.17) is 0 Å². The van der Waals surface area contributed by atoms with Crippen LogP contribution in [-0.2, 0) is 0 Å². The molecule has 0 aromatic carbocycles. The van der Waals surface area contributed by atoms with Crippen molar-refractivity contribution in [2.75, 3.05) is 6.54 Å². The van der Waals surface area contributed by atoms with Crippen LogP contribution in [0.4, 0.5) is 0 Å². The minimum absolute atomic E-state index is 0.107. The summed E-state index contributed by atoms with van der Waals surface area (Å²) in [6.07, 6.45) is 2.30. The molecular formula is C11H15N3O. The van der Waals surface area contributed by atoms with Crippen LogP contribution in [0.2, 0.25) is 0 Å². The molecule has 1 aromatic heterocycles. The van der Waals surface area contributed by atoms with Crippen molar-refractivity contribution in [3.05, 3.63) is 23.3 Å². The maximum absolute atomic E-state index is 11.6. The van der Waals surface area contributed by atoms with Crippen LogP contribution in [0.15, 0.2) is 6.07 Å². The number of nitrogens with one attached hydrogen (secondary N) is 1. The Morgan fingerprint density at radius 1 is 1.53 bits per heavy atom. The molecule has 2 rings (SSSR count). The molecule has 1 N–H and O–H groups in total. The van der Waals surface area contributed by atoms with Crippen molar-refractivity contribution >= 4 is 5.91 Å². The van der Waals surface area contributed by atoms with E-state index in [0.29, 0.717) is 18.2 Å². The summed E-state index contributed by atoms with van der Waals surface area (Å²) in [5, 5.41) is 2.75. The van der Waals surface area contributed by atoms with Gasteiger partial charge in [-0.3, -0.25) is 4.79 Å². The fourth-order valence-corrected chi connectivity index (χ4v) is 1.48. The van der Waals surface area contributed by atoms with Crippen molar-refractivity contribution < 1.29 is 4.79 Å².